The number of rotatable bonds is 10. The molecule has 0 aliphatic heterocycles. The first-order valence-electron chi connectivity index (χ1n) is 20.4. The summed E-state index contributed by atoms with van der Waals surface area (Å²) in [6, 6.07) is 68.8. The Morgan fingerprint density at radius 2 is 0.869 bits per heavy atom. The van der Waals surface area contributed by atoms with Gasteiger partial charge < -0.3 is 13.7 Å². The molecule has 0 radical (unpaired) electrons. The Balaban J connectivity index is 1.13. The van der Waals surface area contributed by atoms with Gasteiger partial charge in [-0.3, -0.25) is 0 Å². The third-order valence-electron chi connectivity index (χ3n) is 11.6. The van der Waals surface area contributed by atoms with Crippen LogP contribution in [0.1, 0.15) is 17.0 Å². The molecular weight excluding hydrogens is 785 g/mol. The molecule has 2 atom stereocenters. The second-order valence-corrected chi connectivity index (χ2v) is 20.7. The molecule has 61 heavy (non-hydrogen) atoms. The Labute approximate surface area is 355 Å². The topological polar surface area (TPSA) is 64.8 Å². The van der Waals surface area contributed by atoms with Gasteiger partial charge in [0.15, 0.2) is 14.3 Å². The molecule has 0 saturated heterocycles. The van der Waals surface area contributed by atoms with Crippen LogP contribution < -0.4 is 31.8 Å². The highest BCUT2D eigenvalue weighted by Crippen LogP contribution is 2.47. The summed E-state index contributed by atoms with van der Waals surface area (Å²) in [6.45, 7) is 1.86. The van der Waals surface area contributed by atoms with E-state index in [9.17, 15) is 0 Å². The van der Waals surface area contributed by atoms with Gasteiger partial charge in [-0.2, -0.15) is 0 Å². The maximum absolute atomic E-state index is 16.5. The van der Waals surface area contributed by atoms with E-state index in [1.54, 1.807) is 0 Å². The van der Waals surface area contributed by atoms with Gasteiger partial charge in [0, 0.05) is 66.2 Å². The zero-order chi connectivity index (χ0) is 41.4. The highest BCUT2D eigenvalue weighted by molar-refractivity contribution is 7.86. The third kappa shape index (κ3) is 6.77. The standard InChI is InChI=1S/C54H41N3O2P2/c1-39-55-37-43(38-56-39)40-20-16-26-47(35-40)60(58,45-22-4-2-5-23-45)53-32-14-8-18-41(53)34-42-19-9-15-33-54(42)61(59,46-24-6-3-7-25-46)48-27-17-21-44(36-48)57-51-30-12-10-28-49(51)50-29-11-13-31-52(50)57/h2-33,35-38H,34H2,1H3. The monoisotopic (exact) mass is 825 g/mol. The molecule has 0 aliphatic carbocycles. The number of aryl methyl sites for hydroxylation is 1. The number of hydrogen-bond donors (Lipinski definition) is 0. The van der Waals surface area contributed by atoms with Crippen LogP contribution >= 0.6 is 14.3 Å². The van der Waals surface area contributed by atoms with E-state index in [2.05, 4.69) is 87.3 Å². The van der Waals surface area contributed by atoms with Crippen LogP contribution in [0, 0.1) is 6.92 Å². The number of aromatic nitrogens is 3. The zero-order valence-electron chi connectivity index (χ0n) is 33.5. The molecular formula is C54H41N3O2P2. The van der Waals surface area contributed by atoms with E-state index in [0.29, 0.717) is 17.5 Å². The molecule has 0 N–H and O–H groups in total. The summed E-state index contributed by atoms with van der Waals surface area (Å²) in [5, 5.41) is 6.79. The summed E-state index contributed by atoms with van der Waals surface area (Å²) >= 11 is 0. The quantitative estimate of drug-likeness (QED) is 0.129. The van der Waals surface area contributed by atoms with Crippen molar-refractivity contribution in [1.82, 2.24) is 14.5 Å². The fourth-order valence-corrected chi connectivity index (χ4v) is 14.6. The molecule has 2 heterocycles. The van der Waals surface area contributed by atoms with Gasteiger partial charge in [0.05, 0.1) is 11.0 Å². The molecule has 10 rings (SSSR count). The first kappa shape index (κ1) is 38.3. The van der Waals surface area contributed by atoms with Crippen LogP contribution in [0.4, 0.5) is 0 Å². The maximum atomic E-state index is 16.5. The van der Waals surface area contributed by atoms with Crippen molar-refractivity contribution in [3.8, 4) is 16.8 Å². The Morgan fingerprint density at radius 3 is 1.43 bits per heavy atom. The minimum Gasteiger partial charge on any atom is -0.309 e. The van der Waals surface area contributed by atoms with Gasteiger partial charge in [0.1, 0.15) is 5.82 Å². The van der Waals surface area contributed by atoms with E-state index in [0.717, 1.165) is 65.5 Å². The van der Waals surface area contributed by atoms with Crippen molar-refractivity contribution in [3.05, 3.63) is 236 Å². The fraction of sp³-hybridized carbons (Fsp3) is 0.0370. The Morgan fingerprint density at radius 1 is 0.426 bits per heavy atom. The van der Waals surface area contributed by atoms with Crippen molar-refractivity contribution >= 4 is 67.9 Å². The SMILES string of the molecule is Cc1ncc(-c2cccc(P(=O)(c3ccccc3)c3ccccc3Cc3ccccc3P(=O)(c3ccccc3)c3cccc(-n4c5ccccc5c5ccccc54)c3)c2)cn1. The van der Waals surface area contributed by atoms with E-state index in [4.69, 9.17) is 0 Å². The summed E-state index contributed by atoms with van der Waals surface area (Å²) in [5.74, 6) is 0.691. The molecule has 0 fully saturated rings. The van der Waals surface area contributed by atoms with Crippen LogP contribution in [0.25, 0.3) is 38.6 Å². The summed E-state index contributed by atoms with van der Waals surface area (Å²) in [7, 11) is -6.98. The van der Waals surface area contributed by atoms with Crippen molar-refractivity contribution in [1.29, 1.82) is 0 Å². The van der Waals surface area contributed by atoms with Gasteiger partial charge in [-0.05, 0) is 60.4 Å². The minimum absolute atomic E-state index is 0.415. The average molecular weight is 826 g/mol. The lowest BCUT2D eigenvalue weighted by Gasteiger charge is -2.26. The van der Waals surface area contributed by atoms with E-state index >= 15 is 9.13 Å². The largest absolute Gasteiger partial charge is 0.309 e. The second kappa shape index (κ2) is 15.9. The van der Waals surface area contributed by atoms with Crippen LogP contribution in [0.15, 0.2) is 219 Å². The fourth-order valence-electron chi connectivity index (χ4n) is 8.72. The molecule has 0 amide bonds. The van der Waals surface area contributed by atoms with Gasteiger partial charge in [-0.15, -0.1) is 0 Å². The van der Waals surface area contributed by atoms with Crippen LogP contribution in [-0.4, -0.2) is 14.5 Å². The summed E-state index contributed by atoms with van der Waals surface area (Å²) in [6.07, 6.45) is 4.03. The van der Waals surface area contributed by atoms with E-state index < -0.39 is 14.3 Å². The van der Waals surface area contributed by atoms with Crippen LogP contribution in [0.5, 0.6) is 0 Å². The zero-order valence-corrected chi connectivity index (χ0v) is 35.3. The highest BCUT2D eigenvalue weighted by Gasteiger charge is 2.35. The molecule has 5 nitrogen and oxygen atoms in total. The lowest BCUT2D eigenvalue weighted by molar-refractivity contribution is 0.591. The molecule has 0 aliphatic rings. The van der Waals surface area contributed by atoms with Crippen molar-refractivity contribution in [3.63, 3.8) is 0 Å². The number of hydrogen-bond acceptors (Lipinski definition) is 4. The number of fused-ring (bicyclic) bond motifs is 3. The van der Waals surface area contributed by atoms with E-state index in [-0.39, 0.29) is 0 Å². The average Bonchev–Trinajstić information content (AvgIpc) is 3.67. The highest BCUT2D eigenvalue weighted by atomic mass is 31.2. The Bertz CT molecular complexity index is 3250. The predicted molar refractivity (Wildman–Crippen MR) is 255 cm³/mol. The molecule has 2 unspecified atom stereocenters. The first-order chi connectivity index (χ1) is 29.9. The normalized spacial score (nSPS) is 13.5. The lowest BCUT2D eigenvalue weighted by Crippen LogP contribution is -2.30. The number of nitrogens with zero attached hydrogens (tertiary/aromatic N) is 3. The number of benzene rings is 8. The second-order valence-electron chi connectivity index (χ2n) is 15.3. The van der Waals surface area contributed by atoms with Gasteiger partial charge in [0.2, 0.25) is 0 Å². The van der Waals surface area contributed by atoms with Crippen LogP contribution in [0.2, 0.25) is 0 Å². The van der Waals surface area contributed by atoms with Gasteiger partial charge in [0.25, 0.3) is 0 Å². The maximum Gasteiger partial charge on any atom is 0.171 e. The van der Waals surface area contributed by atoms with E-state index in [1.165, 1.54) is 10.8 Å². The molecule has 7 heteroatoms. The molecule has 0 saturated carbocycles. The number of para-hydroxylation sites is 2. The Kier molecular flexibility index (Phi) is 10.0. The smallest absolute Gasteiger partial charge is 0.171 e. The van der Waals surface area contributed by atoms with Crippen LogP contribution in [0.3, 0.4) is 0 Å². The molecule has 294 valence electrons. The molecule has 10 aromatic rings. The van der Waals surface area contributed by atoms with Gasteiger partial charge in [-0.1, -0.05) is 176 Å². The minimum atomic E-state index is -3.51. The molecule has 2 aromatic heterocycles. The summed E-state index contributed by atoms with van der Waals surface area (Å²) < 4.78 is 35.0. The third-order valence-corrected chi connectivity index (χ3v) is 17.9. The van der Waals surface area contributed by atoms with Crippen LogP contribution in [-0.2, 0) is 15.6 Å². The van der Waals surface area contributed by atoms with Crippen molar-refractivity contribution in [2.75, 3.05) is 0 Å². The van der Waals surface area contributed by atoms with E-state index in [1.807, 2.05) is 153 Å². The van der Waals surface area contributed by atoms with Gasteiger partial charge >= 0.3 is 0 Å². The molecule has 0 spiro atoms. The van der Waals surface area contributed by atoms with Crippen molar-refractivity contribution in [2.45, 2.75) is 13.3 Å². The molecule has 0 bridgehead atoms. The first-order valence-corrected chi connectivity index (χ1v) is 23.8. The van der Waals surface area contributed by atoms with Crippen molar-refractivity contribution in [2.24, 2.45) is 0 Å². The predicted octanol–water partition coefficient (Wildman–Crippen LogP) is 10.4. The lowest BCUT2D eigenvalue weighted by atomic mass is 10.1. The molecule has 8 aromatic carbocycles. The Hall–Kier alpha value is -6.90. The van der Waals surface area contributed by atoms with Gasteiger partial charge in [-0.25, -0.2) is 9.97 Å². The summed E-state index contributed by atoms with van der Waals surface area (Å²) in [4.78, 5) is 8.87. The summed E-state index contributed by atoms with van der Waals surface area (Å²) in [5.41, 5.74) is 6.69. The van der Waals surface area contributed by atoms with Crippen molar-refractivity contribution < 1.29 is 9.13 Å².